The lowest BCUT2D eigenvalue weighted by atomic mass is 9.74. The topological polar surface area (TPSA) is 240 Å². The third-order valence-corrected chi connectivity index (χ3v) is 11.2. The summed E-state index contributed by atoms with van der Waals surface area (Å²) in [6, 6.07) is -0.679. The maximum absolute atomic E-state index is 17.0. The van der Waals surface area contributed by atoms with Crippen LogP contribution in [0.2, 0.25) is 0 Å². The normalized spacial score (nSPS) is 39.2. The molecule has 4 heterocycles. The van der Waals surface area contributed by atoms with Crippen LogP contribution < -0.4 is 16.7 Å². The lowest BCUT2D eigenvalue weighted by Gasteiger charge is -2.47. The molecular formula is C36H56FN5O13. The smallest absolute Gasteiger partial charge is 0.409 e. The first-order valence-corrected chi connectivity index (χ1v) is 18.4. The van der Waals surface area contributed by atoms with Crippen LogP contribution >= 0.6 is 0 Å². The number of carbonyl (C=O) groups excluding carboxylic acids is 4. The molecule has 55 heavy (non-hydrogen) atoms. The summed E-state index contributed by atoms with van der Waals surface area (Å²) in [7, 11) is 4.81. The number of hydrogen-bond donors (Lipinski definition) is 4. The molecule has 5 N–H and O–H groups in total. The largest absolute Gasteiger partial charge is 0.453 e. The van der Waals surface area contributed by atoms with E-state index in [4.69, 9.17) is 34.2 Å². The zero-order valence-corrected chi connectivity index (χ0v) is 32.9. The van der Waals surface area contributed by atoms with Gasteiger partial charge in [-0.3, -0.25) is 14.2 Å². The molecule has 3 saturated heterocycles. The van der Waals surface area contributed by atoms with Gasteiger partial charge in [-0.1, -0.05) is 27.7 Å². The Morgan fingerprint density at radius 1 is 1.15 bits per heavy atom. The molecule has 13 atom stereocenters. The van der Waals surface area contributed by atoms with Crippen molar-refractivity contribution in [2.75, 3.05) is 46.8 Å². The van der Waals surface area contributed by atoms with E-state index in [1.165, 1.54) is 33.9 Å². The number of rotatable bonds is 10. The molecule has 18 nitrogen and oxygen atoms in total. The summed E-state index contributed by atoms with van der Waals surface area (Å²) >= 11 is 0. The fourth-order valence-corrected chi connectivity index (χ4v) is 8.13. The van der Waals surface area contributed by atoms with Crippen molar-refractivity contribution in [1.82, 2.24) is 19.8 Å². The molecule has 0 radical (unpaired) electrons. The molecule has 1 aromatic rings. The van der Waals surface area contributed by atoms with Gasteiger partial charge < -0.3 is 54.6 Å². The second-order valence-electron chi connectivity index (χ2n) is 15.3. The van der Waals surface area contributed by atoms with Crippen molar-refractivity contribution in [3.05, 3.63) is 22.7 Å². The maximum atomic E-state index is 17.0. The van der Waals surface area contributed by atoms with Crippen molar-refractivity contribution in [2.45, 2.75) is 121 Å². The highest BCUT2D eigenvalue weighted by atomic mass is 19.1. The van der Waals surface area contributed by atoms with Crippen molar-refractivity contribution in [3.8, 4) is 0 Å². The lowest BCUT2D eigenvalue weighted by molar-refractivity contribution is -0.302. The highest BCUT2D eigenvalue weighted by Crippen LogP contribution is 2.43. The fraction of sp³-hybridized carbons (Fsp3) is 0.778. The molecule has 4 rings (SSSR count). The number of likely N-dealkylation sites (N-methyl/N-ethyl adjacent to an activating group) is 1. The molecule has 1 amide bonds. The predicted octanol–water partition coefficient (Wildman–Crippen LogP) is 0.292. The number of nitrogens with two attached hydrogens (primary N) is 1. The Morgan fingerprint density at radius 3 is 2.40 bits per heavy atom. The molecule has 0 saturated carbocycles. The number of esters is 1. The zero-order valence-electron chi connectivity index (χ0n) is 32.9. The van der Waals surface area contributed by atoms with E-state index in [1.807, 2.05) is 0 Å². The van der Waals surface area contributed by atoms with E-state index in [0.29, 0.717) is 6.42 Å². The number of cyclic esters (lactones) is 1. The number of fused-ring (bicyclic) bond motifs is 1. The molecule has 0 aliphatic carbocycles. The molecule has 310 valence electrons. The van der Waals surface area contributed by atoms with Crippen LogP contribution in [0.1, 0.15) is 60.8 Å². The lowest BCUT2D eigenvalue weighted by Crippen LogP contribution is -2.64. The number of anilines is 1. The van der Waals surface area contributed by atoms with E-state index in [-0.39, 0.29) is 38.5 Å². The minimum Gasteiger partial charge on any atom is -0.453 e. The van der Waals surface area contributed by atoms with Crippen LogP contribution in [0.4, 0.5) is 15.0 Å². The van der Waals surface area contributed by atoms with Gasteiger partial charge in [0.1, 0.15) is 23.7 Å². The number of hydrogen-bond acceptors (Lipinski definition) is 16. The molecule has 3 aliphatic heterocycles. The van der Waals surface area contributed by atoms with Gasteiger partial charge >= 0.3 is 17.8 Å². The molecule has 3 fully saturated rings. The van der Waals surface area contributed by atoms with Gasteiger partial charge in [-0.2, -0.15) is 4.98 Å². The van der Waals surface area contributed by atoms with Crippen LogP contribution in [-0.2, 0) is 48.5 Å². The van der Waals surface area contributed by atoms with Crippen LogP contribution in [-0.4, -0.2) is 143 Å². The molecule has 0 aromatic carbocycles. The number of nitrogens with one attached hydrogen (secondary N) is 1. The monoisotopic (exact) mass is 785 g/mol. The quantitative estimate of drug-likeness (QED) is 0.142. The standard InChI is InChI=1S/C36H56FN5O13/c1-10-23-36(42-12-11-24(38)39-32(42)48)27(40-33(49)55-36)19(3)25(44)18(2)16-34(5,50-9)29(20(4)28(46)35(6,37)31(47)53-23)54-30-26(45)22(41(7)8)15-21(52-30)17-51-14-13-43/h11-12,18-23,26-27,29-30,43,45H,10,13-17H2,1-9H3,(H,40,49)(H2,38,39,48)/t18-,19+,20+,21+,22?,23-,26?,27-,29-,30+,34-,35+,36-/m1/s1. The van der Waals surface area contributed by atoms with Gasteiger partial charge in [0.25, 0.3) is 11.4 Å². The second-order valence-corrected chi connectivity index (χ2v) is 15.3. The summed E-state index contributed by atoms with van der Waals surface area (Å²) in [4.78, 5) is 74.7. The minimum atomic E-state index is -3.36. The van der Waals surface area contributed by atoms with Gasteiger partial charge in [-0.25, -0.2) is 18.8 Å². The van der Waals surface area contributed by atoms with E-state index in [9.17, 15) is 34.2 Å². The second kappa shape index (κ2) is 17.3. The van der Waals surface area contributed by atoms with Gasteiger partial charge in [0.2, 0.25) is 0 Å². The van der Waals surface area contributed by atoms with Crippen LogP contribution in [0.5, 0.6) is 0 Å². The Bertz CT molecular complexity index is 1630. The van der Waals surface area contributed by atoms with Crippen LogP contribution in [0.25, 0.3) is 0 Å². The van der Waals surface area contributed by atoms with E-state index < -0.39 is 107 Å². The summed E-state index contributed by atoms with van der Waals surface area (Å²) < 4.78 is 53.4. The number of alkyl halides is 1. The predicted molar refractivity (Wildman–Crippen MR) is 191 cm³/mol. The number of alkyl carbamates (subject to hydrolysis) is 1. The number of nitrogens with zero attached hydrogens (tertiary/aromatic N) is 3. The van der Waals surface area contributed by atoms with Crippen LogP contribution in [0, 0.1) is 17.8 Å². The van der Waals surface area contributed by atoms with E-state index >= 15 is 4.39 Å². The molecular weight excluding hydrogens is 729 g/mol. The number of aromatic nitrogens is 2. The summed E-state index contributed by atoms with van der Waals surface area (Å²) in [5, 5.41) is 23.3. The first kappa shape index (κ1) is 44.1. The maximum Gasteiger partial charge on any atom is 0.409 e. The number of halogens is 1. The molecule has 0 spiro atoms. The minimum absolute atomic E-state index is 0.0377. The number of nitrogen functional groups attached to an aromatic ring is 1. The first-order chi connectivity index (χ1) is 25.7. The number of aliphatic hydroxyl groups is 2. The summed E-state index contributed by atoms with van der Waals surface area (Å²) in [6.07, 6.45) is -6.37. The van der Waals surface area contributed by atoms with Gasteiger partial charge in [-0.05, 0) is 53.3 Å². The SMILES string of the molecule is CC[C@H]1OC(=O)[C@@](C)(F)C(=O)[C@H](C)[C@@H](O[C@@H]2O[C@H](COCCO)CC(N(C)C)C2O)[C@](C)(OC)C[C@@H](C)C(=O)[C@H](C)[C@H]2NC(=O)O[C@@]21n1ccc(N)nc1=O. The fourth-order valence-electron chi connectivity index (χ4n) is 8.13. The van der Waals surface area contributed by atoms with E-state index in [1.54, 1.807) is 32.8 Å². The Balaban J connectivity index is 1.86. The van der Waals surface area contributed by atoms with Crippen LogP contribution in [0.3, 0.4) is 0 Å². The summed E-state index contributed by atoms with van der Waals surface area (Å²) in [5.74, 6) is -7.16. The number of carbonyl (C=O) groups is 4. The number of ether oxygens (including phenoxy) is 6. The first-order valence-electron chi connectivity index (χ1n) is 18.4. The van der Waals surface area contributed by atoms with Crippen molar-refractivity contribution >= 4 is 29.4 Å². The number of amides is 1. The Morgan fingerprint density at radius 2 is 1.82 bits per heavy atom. The number of aliphatic hydroxyl groups excluding tert-OH is 2. The zero-order chi connectivity index (χ0) is 41.2. The summed E-state index contributed by atoms with van der Waals surface area (Å²) in [5.41, 5.74) is -2.52. The van der Waals surface area contributed by atoms with E-state index in [2.05, 4.69) is 10.3 Å². The van der Waals surface area contributed by atoms with Gasteiger partial charge in [0.15, 0.2) is 18.2 Å². The average molecular weight is 786 g/mol. The summed E-state index contributed by atoms with van der Waals surface area (Å²) in [6.45, 7) is 8.07. The highest BCUT2D eigenvalue weighted by molar-refractivity contribution is 6.07. The highest BCUT2D eigenvalue weighted by Gasteiger charge is 2.63. The Labute approximate surface area is 319 Å². The Hall–Kier alpha value is -3.59. The van der Waals surface area contributed by atoms with Crippen molar-refractivity contribution in [3.63, 3.8) is 0 Å². The molecule has 1 aromatic heterocycles. The molecule has 0 bridgehead atoms. The van der Waals surface area contributed by atoms with Gasteiger partial charge in [-0.15, -0.1) is 0 Å². The van der Waals surface area contributed by atoms with E-state index in [0.717, 1.165) is 17.7 Å². The Kier molecular flexibility index (Phi) is 13.9. The number of ketones is 2. The van der Waals surface area contributed by atoms with Gasteiger partial charge in [0, 0.05) is 37.1 Å². The van der Waals surface area contributed by atoms with Crippen molar-refractivity contribution in [1.29, 1.82) is 0 Å². The number of Topliss-reactive ketones (excluding diaryl/α,β-unsaturated/α-hetero) is 2. The molecule has 2 unspecified atom stereocenters. The third-order valence-electron chi connectivity index (χ3n) is 11.2. The molecule has 3 aliphatic rings. The van der Waals surface area contributed by atoms with Crippen LogP contribution in [0.15, 0.2) is 17.1 Å². The van der Waals surface area contributed by atoms with Crippen molar-refractivity contribution in [2.24, 2.45) is 17.8 Å². The van der Waals surface area contributed by atoms with Crippen molar-refractivity contribution < 1.29 is 62.2 Å². The third kappa shape index (κ3) is 8.57. The average Bonchev–Trinajstić information content (AvgIpc) is 3.48. The number of methoxy groups -OCH3 is 1. The van der Waals surface area contributed by atoms with Gasteiger partial charge in [0.05, 0.1) is 37.6 Å². The molecule has 19 heteroatoms.